The first-order chi connectivity index (χ1) is 7.41. The molecule has 4 heteroatoms. The predicted molar refractivity (Wildman–Crippen MR) is 66.0 cm³/mol. The maximum absolute atomic E-state index is 11.8. The van der Waals surface area contributed by atoms with Crippen LogP contribution in [0.2, 0.25) is 0 Å². The smallest absolute Gasteiger partial charge is 0.323 e. The van der Waals surface area contributed by atoms with Gasteiger partial charge in [-0.1, -0.05) is 0 Å². The number of carboxylic acid groups (broad SMARTS) is 1. The molecule has 0 aromatic heterocycles. The lowest BCUT2D eigenvalue weighted by Crippen LogP contribution is -2.70. The number of carbonyl (C=O) groups is 2. The first kappa shape index (κ1) is 14.2. The molecule has 1 rings (SSSR count). The van der Waals surface area contributed by atoms with Crippen LogP contribution in [0.4, 0.5) is 0 Å². The Bertz CT molecular complexity index is 336. The molecule has 0 aliphatic carbocycles. The summed E-state index contributed by atoms with van der Waals surface area (Å²) in [4.78, 5) is 25.2. The molecule has 0 radical (unpaired) electrons. The first-order valence-corrected chi connectivity index (χ1v) is 5.97. The van der Waals surface area contributed by atoms with E-state index in [1.807, 2.05) is 32.6 Å². The van der Waals surface area contributed by atoms with Crippen molar-refractivity contribution in [1.82, 2.24) is 4.90 Å². The Labute approximate surface area is 103 Å². The fraction of sp³-hybridized carbons (Fsp3) is 0.846. The van der Waals surface area contributed by atoms with Crippen molar-refractivity contribution in [1.29, 1.82) is 0 Å². The summed E-state index contributed by atoms with van der Waals surface area (Å²) in [5, 5.41) is 9.40. The van der Waals surface area contributed by atoms with Gasteiger partial charge in [-0.25, -0.2) is 0 Å². The maximum atomic E-state index is 11.8. The summed E-state index contributed by atoms with van der Waals surface area (Å²) in [6.45, 7) is 11.2. The molecule has 0 saturated carbocycles. The maximum Gasteiger partial charge on any atom is 0.323 e. The number of likely N-dealkylation sites (tertiary alicyclic amines) is 1. The van der Waals surface area contributed by atoms with Gasteiger partial charge in [0, 0.05) is 23.9 Å². The molecular weight excluding hydrogens is 218 g/mol. The van der Waals surface area contributed by atoms with Gasteiger partial charge in [0.1, 0.15) is 11.3 Å². The number of hydrogen-bond acceptors (Lipinski definition) is 3. The molecule has 0 atom stereocenters. The van der Waals surface area contributed by atoms with E-state index in [9.17, 15) is 14.7 Å². The molecular formula is C13H23NO3. The predicted octanol–water partition coefficient (Wildman–Crippen LogP) is 2.07. The van der Waals surface area contributed by atoms with Crippen LogP contribution in [0.3, 0.4) is 0 Å². The molecule has 0 bridgehead atoms. The molecule has 1 N–H and O–H groups in total. The van der Waals surface area contributed by atoms with Gasteiger partial charge < -0.3 is 5.11 Å². The molecule has 0 amide bonds. The second kappa shape index (κ2) is 3.80. The third-order valence-electron chi connectivity index (χ3n) is 3.55. The molecule has 0 aromatic rings. The summed E-state index contributed by atoms with van der Waals surface area (Å²) in [5.41, 5.74) is -1.84. The molecule has 1 fully saturated rings. The molecule has 17 heavy (non-hydrogen) atoms. The van der Waals surface area contributed by atoms with Crippen molar-refractivity contribution in [2.45, 2.75) is 71.0 Å². The van der Waals surface area contributed by atoms with E-state index in [1.54, 1.807) is 13.8 Å². The van der Waals surface area contributed by atoms with E-state index >= 15 is 0 Å². The van der Waals surface area contributed by atoms with Crippen molar-refractivity contribution in [3.05, 3.63) is 0 Å². The molecule has 1 aliphatic heterocycles. The third kappa shape index (κ3) is 2.37. The van der Waals surface area contributed by atoms with Crippen molar-refractivity contribution in [3.8, 4) is 0 Å². The largest absolute Gasteiger partial charge is 0.480 e. The highest BCUT2D eigenvalue weighted by molar-refractivity contribution is 5.83. The minimum atomic E-state index is -0.978. The van der Waals surface area contributed by atoms with Gasteiger partial charge >= 0.3 is 5.97 Å². The van der Waals surface area contributed by atoms with Crippen molar-refractivity contribution in [3.63, 3.8) is 0 Å². The zero-order valence-corrected chi connectivity index (χ0v) is 11.6. The number of nitrogens with zero attached hydrogens (tertiary/aromatic N) is 1. The quantitative estimate of drug-likeness (QED) is 0.804. The summed E-state index contributed by atoms with van der Waals surface area (Å²) in [6, 6.07) is 0. The summed E-state index contributed by atoms with van der Waals surface area (Å²) in [7, 11) is 0. The monoisotopic (exact) mass is 241 g/mol. The van der Waals surface area contributed by atoms with Crippen molar-refractivity contribution >= 4 is 11.8 Å². The molecule has 1 saturated heterocycles. The Morgan fingerprint density at radius 2 is 1.53 bits per heavy atom. The topological polar surface area (TPSA) is 57.6 Å². The number of Topliss-reactive ketones (excluding diaryl/α,β-unsaturated/α-hetero) is 1. The van der Waals surface area contributed by atoms with Gasteiger partial charge in [-0.3, -0.25) is 14.5 Å². The van der Waals surface area contributed by atoms with Gasteiger partial charge in [0.2, 0.25) is 0 Å². The van der Waals surface area contributed by atoms with Gasteiger partial charge in [0.15, 0.2) is 0 Å². The van der Waals surface area contributed by atoms with E-state index in [4.69, 9.17) is 0 Å². The van der Waals surface area contributed by atoms with Gasteiger partial charge in [-0.05, 0) is 41.5 Å². The van der Waals surface area contributed by atoms with Crippen LogP contribution in [0, 0.1) is 0 Å². The first-order valence-electron chi connectivity index (χ1n) is 5.97. The van der Waals surface area contributed by atoms with Crippen LogP contribution in [-0.2, 0) is 9.59 Å². The van der Waals surface area contributed by atoms with Crippen LogP contribution in [0.1, 0.15) is 54.4 Å². The van der Waals surface area contributed by atoms with Crippen molar-refractivity contribution in [2.24, 2.45) is 0 Å². The zero-order chi connectivity index (χ0) is 13.6. The Hall–Kier alpha value is -0.900. The zero-order valence-electron chi connectivity index (χ0n) is 11.6. The van der Waals surface area contributed by atoms with E-state index in [0.29, 0.717) is 12.8 Å². The SMILES string of the molecule is CC1(C)CC(=O)CC(C)(C)N1C(C)(C)C(=O)O. The second-order valence-corrected chi connectivity index (χ2v) is 6.72. The van der Waals surface area contributed by atoms with Crippen LogP contribution in [0.15, 0.2) is 0 Å². The standard InChI is InChI=1S/C13H23NO3/c1-11(2)7-9(15)8-12(3,4)14(11)13(5,6)10(16)17/h7-8H2,1-6H3,(H,16,17). The Balaban J connectivity index is 3.27. The number of hydrogen-bond donors (Lipinski definition) is 1. The lowest BCUT2D eigenvalue weighted by molar-refractivity contribution is -0.170. The van der Waals surface area contributed by atoms with Crippen LogP contribution in [-0.4, -0.2) is 38.4 Å². The number of ketones is 1. The van der Waals surface area contributed by atoms with Crippen LogP contribution in [0.25, 0.3) is 0 Å². The number of piperidine rings is 1. The van der Waals surface area contributed by atoms with Crippen molar-refractivity contribution < 1.29 is 14.7 Å². The number of aliphatic carboxylic acids is 1. The highest BCUT2D eigenvalue weighted by Gasteiger charge is 2.53. The van der Waals surface area contributed by atoms with E-state index < -0.39 is 22.6 Å². The van der Waals surface area contributed by atoms with Gasteiger partial charge in [0.05, 0.1) is 0 Å². The Kier molecular flexibility index (Phi) is 3.17. The van der Waals surface area contributed by atoms with E-state index in [2.05, 4.69) is 0 Å². The summed E-state index contributed by atoms with van der Waals surface area (Å²) >= 11 is 0. The lowest BCUT2D eigenvalue weighted by atomic mass is 9.75. The third-order valence-corrected chi connectivity index (χ3v) is 3.55. The average Bonchev–Trinajstić information content (AvgIpc) is 1.95. The second-order valence-electron chi connectivity index (χ2n) is 6.72. The van der Waals surface area contributed by atoms with E-state index in [0.717, 1.165) is 0 Å². The number of carbonyl (C=O) groups excluding carboxylic acids is 1. The van der Waals surface area contributed by atoms with Crippen LogP contribution in [0.5, 0.6) is 0 Å². The van der Waals surface area contributed by atoms with Crippen molar-refractivity contribution in [2.75, 3.05) is 0 Å². The molecule has 1 heterocycles. The molecule has 98 valence electrons. The Morgan fingerprint density at radius 1 is 1.18 bits per heavy atom. The average molecular weight is 241 g/mol. The molecule has 0 spiro atoms. The van der Waals surface area contributed by atoms with Gasteiger partial charge in [-0.15, -0.1) is 0 Å². The highest BCUT2D eigenvalue weighted by Crippen LogP contribution is 2.41. The Morgan fingerprint density at radius 3 is 1.82 bits per heavy atom. The lowest BCUT2D eigenvalue weighted by Gasteiger charge is -2.57. The molecule has 0 unspecified atom stereocenters. The number of rotatable bonds is 2. The highest BCUT2D eigenvalue weighted by atomic mass is 16.4. The van der Waals surface area contributed by atoms with E-state index in [1.165, 1.54) is 0 Å². The fourth-order valence-electron chi connectivity index (χ4n) is 3.61. The summed E-state index contributed by atoms with van der Waals surface area (Å²) in [5.74, 6) is -0.648. The summed E-state index contributed by atoms with van der Waals surface area (Å²) < 4.78 is 0. The van der Waals surface area contributed by atoms with Crippen LogP contribution >= 0.6 is 0 Å². The molecule has 0 aromatic carbocycles. The molecule has 1 aliphatic rings. The van der Waals surface area contributed by atoms with Crippen LogP contribution < -0.4 is 0 Å². The van der Waals surface area contributed by atoms with Gasteiger partial charge in [0.25, 0.3) is 0 Å². The van der Waals surface area contributed by atoms with Gasteiger partial charge in [-0.2, -0.15) is 0 Å². The fourth-order valence-corrected chi connectivity index (χ4v) is 3.61. The van der Waals surface area contributed by atoms with E-state index in [-0.39, 0.29) is 5.78 Å². The summed E-state index contributed by atoms with van der Waals surface area (Å²) in [6.07, 6.45) is 0.820. The number of carboxylic acids is 1. The normalized spacial score (nSPS) is 24.7. The minimum absolute atomic E-state index is 0.206. The molecule has 4 nitrogen and oxygen atoms in total. The minimum Gasteiger partial charge on any atom is -0.480 e.